The summed E-state index contributed by atoms with van der Waals surface area (Å²) in [6.07, 6.45) is 3.77. The van der Waals surface area contributed by atoms with Crippen LogP contribution in [-0.4, -0.2) is 33.8 Å². The van der Waals surface area contributed by atoms with Gasteiger partial charge >= 0.3 is 0 Å². The van der Waals surface area contributed by atoms with E-state index in [0.717, 1.165) is 18.7 Å². The summed E-state index contributed by atoms with van der Waals surface area (Å²) in [6, 6.07) is 1.73. The molecule has 5 heteroatoms. The fourth-order valence-corrected chi connectivity index (χ4v) is 2.29. The highest BCUT2D eigenvalue weighted by Crippen LogP contribution is 2.45. The van der Waals surface area contributed by atoms with Gasteiger partial charge in [0.25, 0.3) is 0 Å². The molecule has 1 aliphatic carbocycles. The summed E-state index contributed by atoms with van der Waals surface area (Å²) in [5.74, 6) is 1.31. The molecule has 0 bridgehead atoms. The number of aromatic nitrogens is 2. The minimum absolute atomic E-state index is 0.446. The maximum Gasteiger partial charge on any atom is 0.134 e. The molecule has 1 aliphatic heterocycles. The van der Waals surface area contributed by atoms with E-state index in [2.05, 4.69) is 9.97 Å². The van der Waals surface area contributed by atoms with Crippen molar-refractivity contribution in [3.8, 4) is 0 Å². The molecular weight excluding hydrogens is 214 g/mol. The van der Waals surface area contributed by atoms with Gasteiger partial charge in [-0.3, -0.25) is 0 Å². The third-order valence-corrected chi connectivity index (χ3v) is 3.42. The van der Waals surface area contributed by atoms with Crippen LogP contribution in [0.2, 0.25) is 5.15 Å². The Hall–Kier alpha value is -0.870. The van der Waals surface area contributed by atoms with Crippen LogP contribution < -0.4 is 4.90 Å². The Morgan fingerprint density at radius 2 is 2.13 bits per heavy atom. The number of aliphatic hydroxyl groups is 1. The van der Waals surface area contributed by atoms with E-state index in [1.54, 1.807) is 6.07 Å². The van der Waals surface area contributed by atoms with Gasteiger partial charge in [0.2, 0.25) is 0 Å². The molecule has 1 aromatic rings. The van der Waals surface area contributed by atoms with Crippen molar-refractivity contribution in [3.05, 3.63) is 17.5 Å². The Morgan fingerprint density at radius 1 is 1.40 bits per heavy atom. The molecule has 1 saturated heterocycles. The number of hydrogen-bond acceptors (Lipinski definition) is 4. The molecule has 0 unspecified atom stereocenters. The molecule has 0 amide bonds. The first-order valence-electron chi connectivity index (χ1n) is 5.12. The van der Waals surface area contributed by atoms with E-state index in [1.165, 1.54) is 6.33 Å². The first-order chi connectivity index (χ1) is 7.17. The quantitative estimate of drug-likeness (QED) is 0.766. The van der Waals surface area contributed by atoms with E-state index < -0.39 is 5.60 Å². The lowest BCUT2D eigenvalue weighted by molar-refractivity contribution is -0.00975. The molecule has 80 valence electrons. The fraction of sp³-hybridized carbons (Fsp3) is 0.600. The van der Waals surface area contributed by atoms with Crippen molar-refractivity contribution in [3.63, 3.8) is 0 Å². The minimum atomic E-state index is -0.475. The van der Waals surface area contributed by atoms with Crippen LogP contribution in [0.3, 0.4) is 0 Å². The zero-order valence-electron chi connectivity index (χ0n) is 8.23. The van der Waals surface area contributed by atoms with Gasteiger partial charge in [-0.1, -0.05) is 11.6 Å². The standard InChI is InChI=1S/C10H12ClN3O/c11-8-3-9(13-6-12-8)14-4-10(15,5-14)7-1-2-7/h3,6-7,15H,1-2,4-5H2. The molecule has 3 rings (SSSR count). The van der Waals surface area contributed by atoms with Crippen LogP contribution in [0.25, 0.3) is 0 Å². The van der Waals surface area contributed by atoms with Gasteiger partial charge in [0.15, 0.2) is 0 Å². The van der Waals surface area contributed by atoms with Gasteiger partial charge in [-0.15, -0.1) is 0 Å². The number of anilines is 1. The second-order valence-electron chi connectivity index (χ2n) is 4.43. The zero-order valence-corrected chi connectivity index (χ0v) is 8.98. The molecule has 1 saturated carbocycles. The molecule has 0 aromatic carbocycles. The van der Waals surface area contributed by atoms with Crippen LogP contribution in [0.15, 0.2) is 12.4 Å². The number of β-amino-alcohol motifs (C(OH)–C–C–N with tert-alkyl or cyclic N) is 1. The summed E-state index contributed by atoms with van der Waals surface area (Å²) in [4.78, 5) is 9.99. The lowest BCUT2D eigenvalue weighted by atomic mass is 9.89. The highest BCUT2D eigenvalue weighted by atomic mass is 35.5. The molecule has 0 spiro atoms. The van der Waals surface area contributed by atoms with Gasteiger partial charge in [-0.05, 0) is 18.8 Å². The van der Waals surface area contributed by atoms with Gasteiger partial charge in [0, 0.05) is 6.07 Å². The minimum Gasteiger partial charge on any atom is -0.386 e. The van der Waals surface area contributed by atoms with Crippen LogP contribution in [0.5, 0.6) is 0 Å². The first-order valence-corrected chi connectivity index (χ1v) is 5.50. The van der Waals surface area contributed by atoms with Crippen molar-refractivity contribution in [2.24, 2.45) is 5.92 Å². The van der Waals surface area contributed by atoms with Gasteiger partial charge in [-0.25, -0.2) is 9.97 Å². The lowest BCUT2D eigenvalue weighted by Crippen LogP contribution is -2.63. The summed E-state index contributed by atoms with van der Waals surface area (Å²) in [7, 11) is 0. The highest BCUT2D eigenvalue weighted by Gasteiger charge is 2.52. The summed E-state index contributed by atoms with van der Waals surface area (Å²) in [6.45, 7) is 1.34. The largest absolute Gasteiger partial charge is 0.386 e. The third-order valence-electron chi connectivity index (χ3n) is 3.21. The predicted molar refractivity (Wildman–Crippen MR) is 56.9 cm³/mol. The molecule has 2 heterocycles. The Bertz CT molecular complexity index is 388. The van der Waals surface area contributed by atoms with Crippen molar-refractivity contribution in [2.45, 2.75) is 18.4 Å². The molecule has 15 heavy (non-hydrogen) atoms. The van der Waals surface area contributed by atoms with Crippen LogP contribution in [0.1, 0.15) is 12.8 Å². The Balaban J connectivity index is 1.71. The number of rotatable bonds is 2. The van der Waals surface area contributed by atoms with Crippen LogP contribution in [0.4, 0.5) is 5.82 Å². The monoisotopic (exact) mass is 225 g/mol. The molecule has 4 nitrogen and oxygen atoms in total. The van der Waals surface area contributed by atoms with E-state index in [0.29, 0.717) is 24.2 Å². The van der Waals surface area contributed by atoms with Gasteiger partial charge in [0.1, 0.15) is 22.9 Å². The number of nitrogens with zero attached hydrogens (tertiary/aromatic N) is 3. The molecular formula is C10H12ClN3O. The Kier molecular flexibility index (Phi) is 1.91. The Labute approximate surface area is 92.9 Å². The lowest BCUT2D eigenvalue weighted by Gasteiger charge is -2.47. The van der Waals surface area contributed by atoms with E-state index in [9.17, 15) is 5.11 Å². The molecule has 0 atom stereocenters. The van der Waals surface area contributed by atoms with E-state index in [4.69, 9.17) is 11.6 Å². The first kappa shape index (κ1) is 9.36. The third kappa shape index (κ3) is 1.58. The summed E-state index contributed by atoms with van der Waals surface area (Å²) < 4.78 is 0. The van der Waals surface area contributed by atoms with Crippen molar-refractivity contribution in [1.29, 1.82) is 0 Å². The van der Waals surface area contributed by atoms with Gasteiger partial charge in [-0.2, -0.15) is 0 Å². The van der Waals surface area contributed by atoms with Crippen LogP contribution in [0, 0.1) is 5.92 Å². The second kappa shape index (κ2) is 3.06. The molecule has 1 N–H and O–H groups in total. The van der Waals surface area contributed by atoms with Crippen LogP contribution >= 0.6 is 11.6 Å². The summed E-state index contributed by atoms with van der Waals surface area (Å²) in [5.41, 5.74) is -0.475. The highest BCUT2D eigenvalue weighted by molar-refractivity contribution is 6.29. The van der Waals surface area contributed by atoms with E-state index in [-0.39, 0.29) is 0 Å². The smallest absolute Gasteiger partial charge is 0.134 e. The molecule has 0 radical (unpaired) electrons. The predicted octanol–water partition coefficient (Wildman–Crippen LogP) is 1.09. The number of halogens is 1. The van der Waals surface area contributed by atoms with E-state index >= 15 is 0 Å². The zero-order chi connectivity index (χ0) is 10.5. The molecule has 2 fully saturated rings. The second-order valence-corrected chi connectivity index (χ2v) is 4.82. The van der Waals surface area contributed by atoms with Gasteiger partial charge < -0.3 is 10.0 Å². The summed E-state index contributed by atoms with van der Waals surface area (Å²) >= 11 is 5.78. The van der Waals surface area contributed by atoms with Crippen LogP contribution in [-0.2, 0) is 0 Å². The van der Waals surface area contributed by atoms with Crippen molar-refractivity contribution in [1.82, 2.24) is 9.97 Å². The average molecular weight is 226 g/mol. The molecule has 1 aromatic heterocycles. The van der Waals surface area contributed by atoms with E-state index in [1.807, 2.05) is 4.90 Å². The SMILES string of the molecule is OC1(C2CC2)CN(c2cc(Cl)ncn2)C1. The topological polar surface area (TPSA) is 49.2 Å². The van der Waals surface area contributed by atoms with Gasteiger partial charge in [0.05, 0.1) is 13.1 Å². The Morgan fingerprint density at radius 3 is 2.73 bits per heavy atom. The van der Waals surface area contributed by atoms with Crippen molar-refractivity contribution < 1.29 is 5.11 Å². The summed E-state index contributed by atoms with van der Waals surface area (Å²) in [5, 5.41) is 10.6. The van der Waals surface area contributed by atoms with Crippen molar-refractivity contribution >= 4 is 17.4 Å². The average Bonchev–Trinajstić information content (AvgIpc) is 2.96. The maximum absolute atomic E-state index is 10.1. The molecule has 2 aliphatic rings. The maximum atomic E-state index is 10.1. The fourth-order valence-electron chi connectivity index (χ4n) is 2.15. The van der Waals surface area contributed by atoms with Crippen molar-refractivity contribution in [2.75, 3.05) is 18.0 Å². The number of hydrogen-bond donors (Lipinski definition) is 1. The normalized spacial score (nSPS) is 23.7.